The van der Waals surface area contributed by atoms with Crippen molar-refractivity contribution < 1.29 is 8.42 Å². The highest BCUT2D eigenvalue weighted by molar-refractivity contribution is 8.14. The molecule has 0 N–H and O–H groups in total. The Balaban J connectivity index is 2.75. The molecule has 4 heteroatoms. The molecule has 0 bridgehead atoms. The molecule has 2 aromatic rings. The summed E-state index contributed by atoms with van der Waals surface area (Å²) in [5.74, 6) is 0. The Hall–Kier alpha value is -1.06. The maximum atomic E-state index is 12.2. The van der Waals surface area contributed by atoms with Crippen molar-refractivity contribution in [3.63, 3.8) is 0 Å². The van der Waals surface area contributed by atoms with Gasteiger partial charge in [0.25, 0.3) is 9.05 Å². The summed E-state index contributed by atoms with van der Waals surface area (Å²) in [6.07, 6.45) is 5.81. The molecule has 0 aliphatic heterocycles. The molecule has 0 aliphatic carbocycles. The third-order valence-corrected chi connectivity index (χ3v) is 5.44. The molecular weight excluding hydrogens is 316 g/mol. The van der Waals surface area contributed by atoms with Gasteiger partial charge in [-0.1, -0.05) is 57.0 Å². The van der Waals surface area contributed by atoms with Gasteiger partial charge in [0, 0.05) is 16.1 Å². The Morgan fingerprint density at radius 1 is 1.00 bits per heavy atom. The zero-order chi connectivity index (χ0) is 16.2. The van der Waals surface area contributed by atoms with Gasteiger partial charge in [-0.3, -0.25) is 0 Å². The predicted molar refractivity (Wildman–Crippen MR) is 94.2 cm³/mol. The molecule has 2 rings (SSSR count). The predicted octanol–water partition coefficient (Wildman–Crippen LogP) is 5.45. The van der Waals surface area contributed by atoms with Crippen molar-refractivity contribution in [2.24, 2.45) is 0 Å². The molecule has 0 aliphatic rings. The molecule has 0 unspecified atom stereocenters. The second kappa shape index (κ2) is 7.47. The Bertz CT molecular complexity index is 751. The second-order valence-electron chi connectivity index (χ2n) is 5.71. The lowest BCUT2D eigenvalue weighted by Crippen LogP contribution is -2.05. The number of hydrogen-bond acceptors (Lipinski definition) is 2. The molecule has 0 saturated heterocycles. The molecule has 0 atom stereocenters. The largest absolute Gasteiger partial charge is 0.262 e. The smallest absolute Gasteiger partial charge is 0.207 e. The Morgan fingerprint density at radius 2 is 1.64 bits per heavy atom. The fraction of sp³-hybridized carbons (Fsp3) is 0.444. The van der Waals surface area contributed by atoms with E-state index in [4.69, 9.17) is 10.7 Å². The summed E-state index contributed by atoms with van der Waals surface area (Å²) in [6, 6.07) is 9.75. The van der Waals surface area contributed by atoms with Gasteiger partial charge in [-0.2, -0.15) is 0 Å². The van der Waals surface area contributed by atoms with E-state index in [9.17, 15) is 8.42 Å². The summed E-state index contributed by atoms with van der Waals surface area (Å²) in [5.41, 5.74) is 2.05. The van der Waals surface area contributed by atoms with Crippen LogP contribution >= 0.6 is 10.7 Å². The average molecular weight is 339 g/mol. The van der Waals surface area contributed by atoms with E-state index in [1.165, 1.54) is 0 Å². The maximum Gasteiger partial charge on any atom is 0.262 e. The number of benzene rings is 2. The molecule has 0 fully saturated rings. The molecule has 0 radical (unpaired) electrons. The molecule has 0 heterocycles. The van der Waals surface area contributed by atoms with Crippen molar-refractivity contribution >= 4 is 30.5 Å². The van der Waals surface area contributed by atoms with E-state index in [2.05, 4.69) is 19.9 Å². The third-order valence-electron chi connectivity index (χ3n) is 4.02. The number of aryl methyl sites for hydroxylation is 1. The number of hydrogen-bond donors (Lipinski definition) is 0. The van der Waals surface area contributed by atoms with E-state index in [0.717, 1.165) is 60.4 Å². The van der Waals surface area contributed by atoms with E-state index in [0.29, 0.717) is 4.90 Å². The minimum atomic E-state index is -3.77. The van der Waals surface area contributed by atoms with Crippen LogP contribution in [0.1, 0.15) is 50.7 Å². The van der Waals surface area contributed by atoms with Crippen LogP contribution in [0.4, 0.5) is 0 Å². The Morgan fingerprint density at radius 3 is 2.27 bits per heavy atom. The first-order chi connectivity index (χ1) is 10.5. The number of rotatable bonds is 7. The van der Waals surface area contributed by atoms with E-state index in [-0.39, 0.29) is 0 Å². The van der Waals surface area contributed by atoms with E-state index in [1.54, 1.807) is 0 Å². The molecule has 22 heavy (non-hydrogen) atoms. The summed E-state index contributed by atoms with van der Waals surface area (Å²) >= 11 is 0. The summed E-state index contributed by atoms with van der Waals surface area (Å²) in [6.45, 7) is 4.26. The summed E-state index contributed by atoms with van der Waals surface area (Å²) in [4.78, 5) is 0.326. The van der Waals surface area contributed by atoms with Gasteiger partial charge in [-0.15, -0.1) is 0 Å². The normalized spacial score (nSPS) is 12.0. The van der Waals surface area contributed by atoms with Gasteiger partial charge < -0.3 is 0 Å². The summed E-state index contributed by atoms with van der Waals surface area (Å²) < 4.78 is 24.4. The van der Waals surface area contributed by atoms with E-state index < -0.39 is 9.05 Å². The average Bonchev–Trinajstić information content (AvgIpc) is 2.48. The summed E-state index contributed by atoms with van der Waals surface area (Å²) in [7, 11) is 2.03. The second-order valence-corrected chi connectivity index (χ2v) is 8.21. The lowest BCUT2D eigenvalue weighted by molar-refractivity contribution is 0.608. The van der Waals surface area contributed by atoms with Crippen molar-refractivity contribution in [2.75, 3.05) is 0 Å². The lowest BCUT2D eigenvalue weighted by Gasteiger charge is -2.16. The molecule has 0 saturated carbocycles. The zero-order valence-electron chi connectivity index (χ0n) is 13.2. The monoisotopic (exact) mass is 338 g/mol. The van der Waals surface area contributed by atoms with Crippen LogP contribution in [0.25, 0.3) is 10.8 Å². The molecule has 2 aromatic carbocycles. The minimum absolute atomic E-state index is 0.326. The van der Waals surface area contributed by atoms with Crippen LogP contribution < -0.4 is 0 Å². The molecule has 0 aromatic heterocycles. The van der Waals surface area contributed by atoms with Crippen LogP contribution in [0.5, 0.6) is 0 Å². The summed E-state index contributed by atoms with van der Waals surface area (Å²) in [5, 5.41) is 1.69. The molecule has 120 valence electrons. The minimum Gasteiger partial charge on any atom is -0.207 e. The first kappa shape index (κ1) is 17.3. The van der Waals surface area contributed by atoms with Gasteiger partial charge >= 0.3 is 0 Å². The number of halogens is 1. The van der Waals surface area contributed by atoms with Crippen molar-refractivity contribution in [3.05, 3.63) is 41.5 Å². The number of fused-ring (bicyclic) bond motifs is 1. The van der Waals surface area contributed by atoms with Gasteiger partial charge in [0.15, 0.2) is 0 Å². The fourth-order valence-electron chi connectivity index (χ4n) is 2.91. The Kier molecular flexibility index (Phi) is 5.87. The zero-order valence-corrected chi connectivity index (χ0v) is 14.8. The third kappa shape index (κ3) is 3.82. The molecule has 2 nitrogen and oxygen atoms in total. The van der Waals surface area contributed by atoms with Crippen molar-refractivity contribution in [3.8, 4) is 0 Å². The Labute approximate surface area is 137 Å². The van der Waals surface area contributed by atoms with Crippen LogP contribution in [0.3, 0.4) is 0 Å². The van der Waals surface area contributed by atoms with Gasteiger partial charge in [0.1, 0.15) is 0 Å². The van der Waals surface area contributed by atoms with Crippen LogP contribution in [-0.4, -0.2) is 8.42 Å². The molecule has 0 amide bonds. The van der Waals surface area contributed by atoms with Crippen LogP contribution in [0.2, 0.25) is 0 Å². The highest BCUT2D eigenvalue weighted by Gasteiger charge is 2.22. The van der Waals surface area contributed by atoms with Crippen molar-refractivity contribution in [1.82, 2.24) is 0 Å². The quantitative estimate of drug-likeness (QED) is 0.629. The van der Waals surface area contributed by atoms with E-state index >= 15 is 0 Å². The van der Waals surface area contributed by atoms with Gasteiger partial charge in [-0.25, -0.2) is 8.42 Å². The van der Waals surface area contributed by atoms with Crippen LogP contribution in [-0.2, 0) is 21.9 Å². The lowest BCUT2D eigenvalue weighted by atomic mass is 9.94. The number of unbranched alkanes of at least 4 members (excludes halogenated alkanes) is 2. The highest BCUT2D eigenvalue weighted by atomic mass is 35.7. The van der Waals surface area contributed by atoms with Crippen LogP contribution in [0, 0.1) is 0 Å². The first-order valence-corrected chi connectivity index (χ1v) is 10.3. The van der Waals surface area contributed by atoms with Crippen molar-refractivity contribution in [2.45, 2.75) is 57.3 Å². The first-order valence-electron chi connectivity index (χ1n) is 7.97. The van der Waals surface area contributed by atoms with Gasteiger partial charge in [-0.05, 0) is 42.2 Å². The molecular formula is C18H23ClO2S. The highest BCUT2D eigenvalue weighted by Crippen LogP contribution is 2.34. The fourth-order valence-corrected chi connectivity index (χ4v) is 4.41. The van der Waals surface area contributed by atoms with Crippen LogP contribution in [0.15, 0.2) is 35.2 Å². The standard InChI is InChI=1S/C18H23ClO2S/c1-3-5-9-14-13-15-10-7-8-12-17(15)18(22(19,20)21)16(14)11-6-4-2/h7-8,10,12-13H,3-6,9,11H2,1-2H3. The van der Waals surface area contributed by atoms with E-state index in [1.807, 2.05) is 24.3 Å². The van der Waals surface area contributed by atoms with Gasteiger partial charge in [0.05, 0.1) is 4.90 Å². The topological polar surface area (TPSA) is 34.1 Å². The van der Waals surface area contributed by atoms with Gasteiger partial charge in [0.2, 0.25) is 0 Å². The molecule has 0 spiro atoms. The SMILES string of the molecule is CCCCc1cc2ccccc2c(S(=O)(=O)Cl)c1CCCC. The van der Waals surface area contributed by atoms with Crippen molar-refractivity contribution in [1.29, 1.82) is 0 Å². The maximum absolute atomic E-state index is 12.2.